The van der Waals surface area contributed by atoms with Crippen LogP contribution in [-0.4, -0.2) is 20.7 Å². The average molecular weight is 303 g/mol. The fourth-order valence-corrected chi connectivity index (χ4v) is 4.08. The Morgan fingerprint density at radius 1 is 1.10 bits per heavy atom. The number of carbonyl (C=O) groups excluding carboxylic acids is 1. The number of aromatic nitrogens is 1. The molecule has 0 saturated heterocycles. The van der Waals surface area contributed by atoms with Crippen LogP contribution in [0.4, 0.5) is 0 Å². The first kappa shape index (κ1) is 13.1. The molecule has 0 aliphatic rings. The SMILES string of the molecule is O=C(CS(=[18O])c1nc2ccccc2s1)c1ccccc1. The number of benzene rings is 2. The minimum absolute atomic E-state index is 0.0240. The summed E-state index contributed by atoms with van der Waals surface area (Å²) in [5, 5.41) is 0. The molecule has 0 radical (unpaired) electrons. The Bertz CT molecular complexity index is 748. The van der Waals surface area contributed by atoms with Gasteiger partial charge in [0, 0.05) is 5.56 Å². The van der Waals surface area contributed by atoms with Crippen LogP contribution in [0, 0.1) is 0 Å². The first-order valence-electron chi connectivity index (χ1n) is 6.06. The highest BCUT2D eigenvalue weighted by molar-refractivity contribution is 7.88. The Hall–Kier alpha value is -1.85. The highest BCUT2D eigenvalue weighted by Gasteiger charge is 2.15. The van der Waals surface area contributed by atoms with Crippen LogP contribution in [0.5, 0.6) is 0 Å². The Morgan fingerprint density at radius 2 is 1.80 bits per heavy atom. The van der Waals surface area contributed by atoms with E-state index in [-0.39, 0.29) is 11.5 Å². The van der Waals surface area contributed by atoms with Crippen LogP contribution in [0.25, 0.3) is 10.2 Å². The topological polar surface area (TPSA) is 47.0 Å². The smallest absolute Gasteiger partial charge is 0.182 e. The molecule has 0 saturated carbocycles. The number of thiazole rings is 1. The number of hydrogen-bond donors (Lipinski definition) is 0. The van der Waals surface area contributed by atoms with E-state index in [4.69, 9.17) is 0 Å². The molecule has 100 valence electrons. The second-order valence-electron chi connectivity index (χ2n) is 4.23. The van der Waals surface area contributed by atoms with Gasteiger partial charge in [0.2, 0.25) is 0 Å². The Morgan fingerprint density at radius 3 is 2.55 bits per heavy atom. The van der Waals surface area contributed by atoms with Crippen LogP contribution < -0.4 is 0 Å². The molecule has 0 fully saturated rings. The van der Waals surface area contributed by atoms with Crippen molar-refractivity contribution in [3.63, 3.8) is 0 Å². The van der Waals surface area contributed by atoms with E-state index < -0.39 is 10.8 Å². The lowest BCUT2D eigenvalue weighted by molar-refractivity contribution is 0.102. The summed E-state index contributed by atoms with van der Waals surface area (Å²) in [5.74, 6) is -0.146. The van der Waals surface area contributed by atoms with Gasteiger partial charge >= 0.3 is 0 Å². The minimum atomic E-state index is -1.39. The summed E-state index contributed by atoms with van der Waals surface area (Å²) in [4.78, 5) is 16.4. The van der Waals surface area contributed by atoms with Gasteiger partial charge < -0.3 is 0 Å². The Kier molecular flexibility index (Phi) is 3.71. The number of nitrogens with zero attached hydrogens (tertiary/aromatic N) is 1. The molecule has 1 heterocycles. The van der Waals surface area contributed by atoms with Crippen LogP contribution in [-0.2, 0) is 10.8 Å². The summed E-state index contributed by atoms with van der Waals surface area (Å²) in [6.07, 6.45) is 0. The van der Waals surface area contributed by atoms with Crippen LogP contribution in [0.1, 0.15) is 10.4 Å². The van der Waals surface area contributed by atoms with Crippen LogP contribution in [0.3, 0.4) is 0 Å². The summed E-state index contributed by atoms with van der Waals surface area (Å²) >= 11 is 1.38. The molecule has 1 unspecified atom stereocenters. The van der Waals surface area contributed by atoms with Crippen molar-refractivity contribution in [2.24, 2.45) is 0 Å². The first-order valence-corrected chi connectivity index (χ1v) is 8.20. The van der Waals surface area contributed by atoms with Crippen molar-refractivity contribution in [3.05, 3.63) is 60.2 Å². The van der Waals surface area contributed by atoms with E-state index in [2.05, 4.69) is 4.98 Å². The number of para-hydroxylation sites is 1. The third-order valence-electron chi connectivity index (χ3n) is 2.83. The van der Waals surface area contributed by atoms with E-state index >= 15 is 0 Å². The van der Waals surface area contributed by atoms with Gasteiger partial charge in [-0.25, -0.2) is 4.98 Å². The maximum atomic E-state index is 12.2. The largest absolute Gasteiger partial charge is 0.293 e. The molecular formula is C15H11NO2S2. The van der Waals surface area contributed by atoms with E-state index in [1.165, 1.54) is 11.3 Å². The molecule has 0 aliphatic carbocycles. The molecule has 0 aliphatic heterocycles. The van der Waals surface area contributed by atoms with Crippen LogP contribution in [0.2, 0.25) is 0 Å². The third-order valence-corrected chi connectivity index (χ3v) is 5.47. The summed E-state index contributed by atoms with van der Waals surface area (Å²) in [6.45, 7) is 0. The van der Waals surface area contributed by atoms with Crippen LogP contribution >= 0.6 is 11.3 Å². The van der Waals surface area contributed by atoms with Gasteiger partial charge in [-0.05, 0) is 12.1 Å². The molecule has 0 N–H and O–H groups in total. The van der Waals surface area contributed by atoms with Crippen molar-refractivity contribution in [1.29, 1.82) is 0 Å². The predicted octanol–water partition coefficient (Wildman–Crippen LogP) is 3.29. The molecule has 1 atom stereocenters. The number of hydrogen-bond acceptors (Lipinski definition) is 4. The van der Waals surface area contributed by atoms with Crippen molar-refractivity contribution in [1.82, 2.24) is 4.98 Å². The number of ketones is 1. The fourth-order valence-electron chi connectivity index (χ4n) is 1.84. The minimum Gasteiger partial charge on any atom is -0.293 e. The van der Waals surface area contributed by atoms with Crippen molar-refractivity contribution in [2.45, 2.75) is 4.34 Å². The van der Waals surface area contributed by atoms with Gasteiger partial charge in [-0.1, -0.05) is 42.5 Å². The molecular weight excluding hydrogens is 292 g/mol. The lowest BCUT2D eigenvalue weighted by atomic mass is 10.2. The standard InChI is InChI=1S/C15H11NO2S2/c17-13(11-6-2-1-3-7-11)10-20(18)15-16-12-8-4-5-9-14(12)19-15/h1-9H,10H2/i18+2. The lowest BCUT2D eigenvalue weighted by Gasteiger charge is -1.98. The highest BCUT2D eigenvalue weighted by Crippen LogP contribution is 2.24. The first-order chi connectivity index (χ1) is 9.74. The van der Waals surface area contributed by atoms with Crippen molar-refractivity contribution < 1.29 is 9.00 Å². The summed E-state index contributed by atoms with van der Waals surface area (Å²) in [7, 11) is -1.39. The van der Waals surface area contributed by atoms with Gasteiger partial charge in [0.25, 0.3) is 0 Å². The van der Waals surface area contributed by atoms with Gasteiger partial charge in [-0.2, -0.15) is 0 Å². The highest BCUT2D eigenvalue weighted by atomic mass is 32.2. The van der Waals surface area contributed by atoms with E-state index in [0.717, 1.165) is 10.2 Å². The van der Waals surface area contributed by atoms with E-state index in [9.17, 15) is 9.00 Å². The zero-order valence-electron chi connectivity index (χ0n) is 10.5. The molecule has 3 rings (SSSR count). The molecule has 1 aromatic heterocycles. The summed E-state index contributed by atoms with van der Waals surface area (Å²) in [6, 6.07) is 16.5. The van der Waals surface area contributed by atoms with Gasteiger partial charge in [-0.3, -0.25) is 9.00 Å². The molecule has 3 aromatic rings. The molecule has 0 spiro atoms. The number of fused-ring (bicyclic) bond motifs is 1. The maximum Gasteiger partial charge on any atom is 0.182 e. The van der Waals surface area contributed by atoms with Crippen LogP contribution in [0.15, 0.2) is 58.9 Å². The van der Waals surface area contributed by atoms with Crippen molar-refractivity contribution in [2.75, 3.05) is 5.75 Å². The third kappa shape index (κ3) is 2.69. The maximum absolute atomic E-state index is 12.2. The molecule has 5 heteroatoms. The summed E-state index contributed by atoms with van der Waals surface area (Å²) < 4.78 is 13.7. The molecule has 2 aromatic carbocycles. The number of Topliss-reactive ketones (excluding diaryl/α,β-unsaturated/α-hetero) is 1. The van der Waals surface area contributed by atoms with E-state index in [1.54, 1.807) is 24.3 Å². The Labute approximate surface area is 122 Å². The van der Waals surface area contributed by atoms with E-state index in [0.29, 0.717) is 9.90 Å². The van der Waals surface area contributed by atoms with Gasteiger partial charge in [0.15, 0.2) is 10.1 Å². The van der Waals surface area contributed by atoms with Gasteiger partial charge in [0.05, 0.1) is 26.8 Å². The zero-order chi connectivity index (χ0) is 13.9. The second kappa shape index (κ2) is 5.64. The number of carbonyl (C=O) groups is 1. The normalized spacial score (nSPS) is 12.4. The van der Waals surface area contributed by atoms with Gasteiger partial charge in [-0.15, -0.1) is 11.3 Å². The van der Waals surface area contributed by atoms with Crippen molar-refractivity contribution in [3.8, 4) is 0 Å². The summed E-state index contributed by atoms with van der Waals surface area (Å²) in [5.41, 5.74) is 1.41. The lowest BCUT2D eigenvalue weighted by Crippen LogP contribution is -2.10. The fraction of sp³-hybridized carbons (Fsp3) is 0.0667. The van der Waals surface area contributed by atoms with E-state index in [1.807, 2.05) is 30.3 Å². The van der Waals surface area contributed by atoms with Gasteiger partial charge in [0.1, 0.15) is 0 Å². The monoisotopic (exact) mass is 303 g/mol. The Balaban J connectivity index is 1.81. The quantitative estimate of drug-likeness (QED) is 0.549. The number of rotatable bonds is 4. The molecule has 20 heavy (non-hydrogen) atoms. The molecule has 3 nitrogen and oxygen atoms in total. The van der Waals surface area contributed by atoms with Crippen molar-refractivity contribution >= 4 is 38.1 Å². The zero-order valence-corrected chi connectivity index (χ0v) is 12.1. The predicted molar refractivity (Wildman–Crippen MR) is 81.7 cm³/mol. The average Bonchev–Trinajstić information content (AvgIpc) is 2.92. The molecule has 0 bridgehead atoms. The molecule has 0 amide bonds. The second-order valence-corrected chi connectivity index (χ2v) is 6.88.